The molecule has 6 heteroatoms. The lowest BCUT2D eigenvalue weighted by molar-refractivity contribution is -0.174. The number of rotatable bonds is 3. The maximum absolute atomic E-state index is 12.9. The Balaban J connectivity index is 1.31. The number of aryl methyl sites for hydroxylation is 1. The van der Waals surface area contributed by atoms with E-state index in [2.05, 4.69) is 15.2 Å². The highest BCUT2D eigenvalue weighted by atomic mass is 16.3. The van der Waals surface area contributed by atoms with Crippen LogP contribution in [0.1, 0.15) is 38.5 Å². The van der Waals surface area contributed by atoms with E-state index < -0.39 is 5.60 Å². The third kappa shape index (κ3) is 2.16. The van der Waals surface area contributed by atoms with Gasteiger partial charge in [0.2, 0.25) is 5.91 Å². The minimum absolute atomic E-state index is 0.201. The largest absolute Gasteiger partial charge is 0.390 e. The SMILES string of the molecule is O=C(CCn1nnc2ccccc21)N1C2CC3CC1CC(O)(C3)C2. The average molecular weight is 326 g/mol. The molecule has 4 fully saturated rings. The number of aromatic nitrogens is 3. The first-order valence-corrected chi connectivity index (χ1v) is 8.93. The number of hydrogen-bond donors (Lipinski definition) is 1. The standard InChI is InChI=1S/C18H22N4O2/c23-17(5-6-21-16-4-2-1-3-15(16)19-20-21)22-13-7-12-8-14(22)11-18(24,9-12)10-13/h1-4,12-14,24H,5-11H2. The Bertz CT molecular complexity index is 785. The third-order valence-corrected chi connectivity index (χ3v) is 6.14. The third-order valence-electron chi connectivity index (χ3n) is 6.14. The lowest BCUT2D eigenvalue weighted by atomic mass is 9.61. The molecule has 1 amide bonds. The molecule has 2 aliphatic carbocycles. The lowest BCUT2D eigenvalue weighted by Gasteiger charge is -2.59. The zero-order valence-corrected chi connectivity index (χ0v) is 13.6. The Kier molecular flexibility index (Phi) is 3.01. The van der Waals surface area contributed by atoms with Crippen LogP contribution in [0.5, 0.6) is 0 Å². The minimum atomic E-state index is -0.505. The molecule has 24 heavy (non-hydrogen) atoms. The quantitative estimate of drug-likeness (QED) is 0.932. The first-order chi connectivity index (χ1) is 11.6. The van der Waals surface area contributed by atoms with E-state index in [0.29, 0.717) is 18.9 Å². The molecule has 3 heterocycles. The van der Waals surface area contributed by atoms with Gasteiger partial charge in [0.1, 0.15) is 5.52 Å². The number of carbonyl (C=O) groups excluding carboxylic acids is 1. The van der Waals surface area contributed by atoms with Gasteiger partial charge < -0.3 is 10.0 Å². The van der Waals surface area contributed by atoms with Gasteiger partial charge in [0, 0.05) is 18.5 Å². The van der Waals surface area contributed by atoms with Crippen LogP contribution in [0, 0.1) is 5.92 Å². The molecule has 6 rings (SSSR count). The van der Waals surface area contributed by atoms with Crippen molar-refractivity contribution in [1.82, 2.24) is 19.9 Å². The molecule has 2 atom stereocenters. The Morgan fingerprint density at radius 1 is 1.21 bits per heavy atom. The van der Waals surface area contributed by atoms with Crippen LogP contribution in [0.3, 0.4) is 0 Å². The van der Waals surface area contributed by atoms with Gasteiger partial charge in [-0.1, -0.05) is 17.3 Å². The summed E-state index contributed by atoms with van der Waals surface area (Å²) >= 11 is 0. The lowest BCUT2D eigenvalue weighted by Crippen LogP contribution is -2.65. The van der Waals surface area contributed by atoms with Gasteiger partial charge in [-0.3, -0.25) is 4.79 Å². The zero-order valence-electron chi connectivity index (χ0n) is 13.6. The molecular formula is C18H22N4O2. The summed E-state index contributed by atoms with van der Waals surface area (Å²) < 4.78 is 1.82. The molecule has 2 aliphatic heterocycles. The van der Waals surface area contributed by atoms with Crippen LogP contribution in [0.25, 0.3) is 11.0 Å². The van der Waals surface area contributed by atoms with E-state index in [4.69, 9.17) is 0 Å². The molecule has 1 N–H and O–H groups in total. The van der Waals surface area contributed by atoms with Crippen molar-refractivity contribution in [3.63, 3.8) is 0 Å². The number of para-hydroxylation sites is 1. The van der Waals surface area contributed by atoms with Gasteiger partial charge in [0.25, 0.3) is 0 Å². The van der Waals surface area contributed by atoms with Crippen molar-refractivity contribution in [2.24, 2.45) is 5.92 Å². The predicted molar refractivity (Wildman–Crippen MR) is 88.1 cm³/mol. The first-order valence-electron chi connectivity index (χ1n) is 8.93. The molecule has 0 radical (unpaired) electrons. The highest BCUT2D eigenvalue weighted by Crippen LogP contribution is 2.51. The van der Waals surface area contributed by atoms with Crippen molar-refractivity contribution in [1.29, 1.82) is 0 Å². The van der Waals surface area contributed by atoms with E-state index >= 15 is 0 Å². The fourth-order valence-corrected chi connectivity index (χ4v) is 5.41. The number of aliphatic hydroxyl groups is 1. The van der Waals surface area contributed by atoms with Crippen LogP contribution in [0.4, 0.5) is 0 Å². The molecule has 0 spiro atoms. The van der Waals surface area contributed by atoms with E-state index in [9.17, 15) is 9.90 Å². The summed E-state index contributed by atoms with van der Waals surface area (Å²) in [6.45, 7) is 0.559. The fraction of sp³-hybridized carbons (Fsp3) is 0.611. The van der Waals surface area contributed by atoms with Crippen molar-refractivity contribution in [3.05, 3.63) is 24.3 Å². The number of hydrogen-bond acceptors (Lipinski definition) is 4. The smallest absolute Gasteiger partial charge is 0.224 e. The number of nitrogens with zero attached hydrogens (tertiary/aromatic N) is 4. The second kappa shape index (κ2) is 5.02. The van der Waals surface area contributed by atoms with Gasteiger partial charge >= 0.3 is 0 Å². The van der Waals surface area contributed by atoms with Crippen LogP contribution in [-0.4, -0.2) is 48.6 Å². The van der Waals surface area contributed by atoms with Crippen molar-refractivity contribution < 1.29 is 9.90 Å². The highest BCUT2D eigenvalue weighted by molar-refractivity contribution is 5.78. The van der Waals surface area contributed by atoms with Crippen LogP contribution < -0.4 is 0 Å². The van der Waals surface area contributed by atoms with E-state index in [-0.39, 0.29) is 18.0 Å². The summed E-state index contributed by atoms with van der Waals surface area (Å²) in [5.41, 5.74) is 1.33. The minimum Gasteiger partial charge on any atom is -0.390 e. The molecular weight excluding hydrogens is 304 g/mol. The zero-order chi connectivity index (χ0) is 16.3. The van der Waals surface area contributed by atoms with Crippen molar-refractivity contribution in [2.75, 3.05) is 0 Å². The van der Waals surface area contributed by atoms with Crippen molar-refractivity contribution in [2.45, 2.75) is 62.8 Å². The van der Waals surface area contributed by atoms with Gasteiger partial charge in [-0.15, -0.1) is 5.10 Å². The fourth-order valence-electron chi connectivity index (χ4n) is 5.41. The van der Waals surface area contributed by atoms with E-state index in [1.54, 1.807) is 0 Å². The molecule has 2 unspecified atom stereocenters. The molecule has 2 aromatic rings. The number of fused-ring (bicyclic) bond motifs is 1. The number of amides is 1. The summed E-state index contributed by atoms with van der Waals surface area (Å²) in [5, 5.41) is 19.0. The maximum Gasteiger partial charge on any atom is 0.224 e. The molecule has 2 saturated heterocycles. The molecule has 1 aromatic heterocycles. The van der Waals surface area contributed by atoms with E-state index in [0.717, 1.165) is 43.1 Å². The molecule has 126 valence electrons. The summed E-state index contributed by atoms with van der Waals surface area (Å²) in [4.78, 5) is 14.9. The first kappa shape index (κ1) is 14.4. The van der Waals surface area contributed by atoms with E-state index in [1.165, 1.54) is 0 Å². The summed E-state index contributed by atoms with van der Waals surface area (Å²) in [5.74, 6) is 0.808. The van der Waals surface area contributed by atoms with Crippen molar-refractivity contribution in [3.8, 4) is 0 Å². The van der Waals surface area contributed by atoms with Crippen LogP contribution in [-0.2, 0) is 11.3 Å². The van der Waals surface area contributed by atoms with Crippen LogP contribution in [0.15, 0.2) is 24.3 Å². The summed E-state index contributed by atoms with van der Waals surface area (Å²) in [7, 11) is 0. The molecule has 1 aromatic carbocycles. The van der Waals surface area contributed by atoms with Gasteiger partial charge in [-0.05, 0) is 50.2 Å². The van der Waals surface area contributed by atoms with Gasteiger partial charge in [-0.25, -0.2) is 4.68 Å². The second-order valence-corrected chi connectivity index (χ2v) is 7.83. The van der Waals surface area contributed by atoms with Crippen molar-refractivity contribution >= 4 is 16.9 Å². The Morgan fingerprint density at radius 2 is 1.96 bits per heavy atom. The predicted octanol–water partition coefficient (Wildman–Crippen LogP) is 1.73. The second-order valence-electron chi connectivity index (χ2n) is 7.83. The average Bonchev–Trinajstić information content (AvgIpc) is 2.94. The number of benzene rings is 1. The summed E-state index contributed by atoms with van der Waals surface area (Å²) in [6, 6.07) is 8.30. The van der Waals surface area contributed by atoms with Crippen LogP contribution >= 0.6 is 0 Å². The Hall–Kier alpha value is -1.95. The molecule has 6 nitrogen and oxygen atoms in total. The molecule has 4 aliphatic rings. The molecule has 2 saturated carbocycles. The Morgan fingerprint density at radius 3 is 2.71 bits per heavy atom. The number of carbonyl (C=O) groups is 1. The van der Waals surface area contributed by atoms with E-state index in [1.807, 2.05) is 28.9 Å². The summed E-state index contributed by atoms with van der Waals surface area (Å²) in [6.07, 6.45) is 5.04. The molecule has 4 bridgehead atoms. The normalized spacial score (nSPS) is 34.2. The Labute approximate surface area is 140 Å². The van der Waals surface area contributed by atoms with Gasteiger partial charge in [-0.2, -0.15) is 0 Å². The highest BCUT2D eigenvalue weighted by Gasteiger charge is 2.54. The topological polar surface area (TPSA) is 71.2 Å². The maximum atomic E-state index is 12.9. The van der Waals surface area contributed by atoms with Crippen LogP contribution in [0.2, 0.25) is 0 Å². The monoisotopic (exact) mass is 326 g/mol. The van der Waals surface area contributed by atoms with Gasteiger partial charge in [0.15, 0.2) is 0 Å². The number of piperidine rings is 2. The van der Waals surface area contributed by atoms with Gasteiger partial charge in [0.05, 0.1) is 17.7 Å².